The summed E-state index contributed by atoms with van der Waals surface area (Å²) in [5, 5.41) is 3.15. The summed E-state index contributed by atoms with van der Waals surface area (Å²) in [5.41, 5.74) is 6.52. The van der Waals surface area contributed by atoms with Crippen LogP contribution in [0.1, 0.15) is 12.5 Å². The third-order valence-corrected chi connectivity index (χ3v) is 1.39. The van der Waals surface area contributed by atoms with Gasteiger partial charge in [-0.05, 0) is 6.54 Å². The topological polar surface area (TPSA) is 63.8 Å². The van der Waals surface area contributed by atoms with E-state index >= 15 is 0 Å². The van der Waals surface area contributed by atoms with Gasteiger partial charge in [0.2, 0.25) is 0 Å². The largest absolute Gasteiger partial charge is 0.383 e. The second kappa shape index (κ2) is 3.88. The molecule has 1 rings (SSSR count). The van der Waals surface area contributed by atoms with Gasteiger partial charge in [0.15, 0.2) is 0 Å². The lowest BCUT2D eigenvalue weighted by molar-refractivity contribution is 0.723. The molecule has 0 saturated heterocycles. The molecule has 60 valence electrons. The van der Waals surface area contributed by atoms with Crippen molar-refractivity contribution in [3.8, 4) is 0 Å². The number of rotatable bonds is 3. The number of nitrogens with zero attached hydrogens (tertiary/aromatic N) is 2. The van der Waals surface area contributed by atoms with Crippen molar-refractivity contribution in [1.82, 2.24) is 15.3 Å². The third-order valence-electron chi connectivity index (χ3n) is 1.39. The smallest absolute Gasteiger partial charge is 0.131 e. The first-order valence-electron chi connectivity index (χ1n) is 3.59. The Hall–Kier alpha value is -1.16. The van der Waals surface area contributed by atoms with E-state index in [4.69, 9.17) is 5.73 Å². The van der Waals surface area contributed by atoms with Crippen LogP contribution in [0.25, 0.3) is 0 Å². The number of nitrogen functional groups attached to an aromatic ring is 1. The lowest BCUT2D eigenvalue weighted by atomic mass is 10.3. The van der Waals surface area contributed by atoms with Crippen molar-refractivity contribution in [1.29, 1.82) is 0 Å². The van der Waals surface area contributed by atoms with Crippen molar-refractivity contribution in [3.63, 3.8) is 0 Å². The molecule has 1 heterocycles. The fraction of sp³-hybridized carbons (Fsp3) is 0.429. The number of nitrogens with two attached hydrogens (primary N) is 1. The van der Waals surface area contributed by atoms with Crippen LogP contribution in [-0.4, -0.2) is 16.5 Å². The van der Waals surface area contributed by atoms with E-state index < -0.39 is 0 Å². The predicted molar refractivity (Wildman–Crippen MR) is 43.8 cm³/mol. The molecule has 0 amide bonds. The van der Waals surface area contributed by atoms with Crippen LogP contribution in [0, 0.1) is 0 Å². The number of hydrogen-bond donors (Lipinski definition) is 2. The summed E-state index contributed by atoms with van der Waals surface area (Å²) < 4.78 is 0. The van der Waals surface area contributed by atoms with Crippen LogP contribution in [0.3, 0.4) is 0 Å². The number of hydrogen-bond acceptors (Lipinski definition) is 4. The number of anilines is 1. The van der Waals surface area contributed by atoms with E-state index in [1.807, 2.05) is 6.92 Å². The van der Waals surface area contributed by atoms with Crippen LogP contribution in [-0.2, 0) is 6.54 Å². The minimum Gasteiger partial charge on any atom is -0.383 e. The van der Waals surface area contributed by atoms with Crippen molar-refractivity contribution in [3.05, 3.63) is 18.1 Å². The summed E-state index contributed by atoms with van der Waals surface area (Å²) >= 11 is 0. The Morgan fingerprint density at radius 2 is 2.45 bits per heavy atom. The van der Waals surface area contributed by atoms with Gasteiger partial charge in [0.1, 0.15) is 12.1 Å². The van der Waals surface area contributed by atoms with Gasteiger partial charge in [-0.1, -0.05) is 6.92 Å². The van der Waals surface area contributed by atoms with E-state index in [0.717, 1.165) is 18.7 Å². The van der Waals surface area contributed by atoms with Gasteiger partial charge in [-0.15, -0.1) is 0 Å². The SMILES string of the molecule is CCNCc1cncnc1N. The van der Waals surface area contributed by atoms with Crippen molar-refractivity contribution < 1.29 is 0 Å². The minimum atomic E-state index is 0.556. The molecule has 0 bridgehead atoms. The van der Waals surface area contributed by atoms with Gasteiger partial charge in [0.25, 0.3) is 0 Å². The van der Waals surface area contributed by atoms with Gasteiger partial charge in [0, 0.05) is 18.3 Å². The predicted octanol–water partition coefficient (Wildman–Crippen LogP) is 0.168. The highest BCUT2D eigenvalue weighted by molar-refractivity contribution is 5.35. The Kier molecular flexibility index (Phi) is 2.80. The van der Waals surface area contributed by atoms with Gasteiger partial charge >= 0.3 is 0 Å². The summed E-state index contributed by atoms with van der Waals surface area (Å²) in [6.45, 7) is 3.71. The molecular formula is C7H12N4. The quantitative estimate of drug-likeness (QED) is 0.648. The van der Waals surface area contributed by atoms with E-state index in [-0.39, 0.29) is 0 Å². The second-order valence-corrected chi connectivity index (χ2v) is 2.21. The molecule has 0 fully saturated rings. The maximum absolute atomic E-state index is 5.57. The molecule has 0 saturated carbocycles. The van der Waals surface area contributed by atoms with E-state index in [1.165, 1.54) is 6.33 Å². The Morgan fingerprint density at radius 1 is 1.64 bits per heavy atom. The highest BCUT2D eigenvalue weighted by Gasteiger charge is 1.96. The minimum absolute atomic E-state index is 0.556. The zero-order valence-electron chi connectivity index (χ0n) is 6.54. The van der Waals surface area contributed by atoms with Crippen LogP contribution < -0.4 is 11.1 Å². The first-order valence-corrected chi connectivity index (χ1v) is 3.59. The van der Waals surface area contributed by atoms with Crippen LogP contribution in [0.2, 0.25) is 0 Å². The van der Waals surface area contributed by atoms with Crippen LogP contribution >= 0.6 is 0 Å². The zero-order chi connectivity index (χ0) is 8.10. The molecule has 0 radical (unpaired) electrons. The highest BCUT2D eigenvalue weighted by atomic mass is 14.9. The third kappa shape index (κ3) is 2.16. The molecule has 0 aliphatic rings. The molecule has 0 spiro atoms. The van der Waals surface area contributed by atoms with Gasteiger partial charge in [-0.2, -0.15) is 0 Å². The summed E-state index contributed by atoms with van der Waals surface area (Å²) in [6.07, 6.45) is 3.18. The van der Waals surface area contributed by atoms with Gasteiger partial charge < -0.3 is 11.1 Å². The lowest BCUT2D eigenvalue weighted by Crippen LogP contribution is -2.13. The number of nitrogens with one attached hydrogen (secondary N) is 1. The van der Waals surface area contributed by atoms with Crippen molar-refractivity contribution in [2.75, 3.05) is 12.3 Å². The first kappa shape index (κ1) is 7.94. The molecule has 1 aromatic rings. The molecule has 3 N–H and O–H groups in total. The summed E-state index contributed by atoms with van der Waals surface area (Å²) in [6, 6.07) is 0. The van der Waals surface area contributed by atoms with Crippen molar-refractivity contribution >= 4 is 5.82 Å². The fourth-order valence-corrected chi connectivity index (χ4v) is 0.764. The molecule has 4 nitrogen and oxygen atoms in total. The summed E-state index contributed by atoms with van der Waals surface area (Å²) in [5.74, 6) is 0.556. The Labute approximate surface area is 65.9 Å². The van der Waals surface area contributed by atoms with E-state index in [1.54, 1.807) is 6.20 Å². The lowest BCUT2D eigenvalue weighted by Gasteiger charge is -2.02. The highest BCUT2D eigenvalue weighted by Crippen LogP contribution is 2.03. The van der Waals surface area contributed by atoms with E-state index in [2.05, 4.69) is 15.3 Å². The van der Waals surface area contributed by atoms with E-state index in [0.29, 0.717) is 5.82 Å². The van der Waals surface area contributed by atoms with Gasteiger partial charge in [-0.3, -0.25) is 0 Å². The average molecular weight is 152 g/mol. The van der Waals surface area contributed by atoms with Crippen LogP contribution in [0.4, 0.5) is 5.82 Å². The molecule has 1 aromatic heterocycles. The molecule has 11 heavy (non-hydrogen) atoms. The molecule has 0 aliphatic carbocycles. The summed E-state index contributed by atoms with van der Waals surface area (Å²) in [7, 11) is 0. The molecule has 0 aliphatic heterocycles. The van der Waals surface area contributed by atoms with E-state index in [9.17, 15) is 0 Å². The Bertz CT molecular complexity index is 223. The monoisotopic (exact) mass is 152 g/mol. The first-order chi connectivity index (χ1) is 5.34. The zero-order valence-corrected chi connectivity index (χ0v) is 6.54. The van der Waals surface area contributed by atoms with Crippen molar-refractivity contribution in [2.45, 2.75) is 13.5 Å². The standard InChI is InChI=1S/C7H12N4/c1-2-9-3-6-4-10-5-11-7(6)8/h4-5,9H,2-3H2,1H3,(H2,8,10,11). The Balaban J connectivity index is 2.62. The van der Waals surface area contributed by atoms with Gasteiger partial charge in [-0.25, -0.2) is 9.97 Å². The Morgan fingerprint density at radius 3 is 3.09 bits per heavy atom. The molecule has 0 aromatic carbocycles. The van der Waals surface area contributed by atoms with Crippen LogP contribution in [0.5, 0.6) is 0 Å². The van der Waals surface area contributed by atoms with Crippen molar-refractivity contribution in [2.24, 2.45) is 0 Å². The van der Waals surface area contributed by atoms with Crippen LogP contribution in [0.15, 0.2) is 12.5 Å². The maximum atomic E-state index is 5.57. The fourth-order valence-electron chi connectivity index (χ4n) is 0.764. The second-order valence-electron chi connectivity index (χ2n) is 2.21. The normalized spacial score (nSPS) is 9.91. The average Bonchev–Trinajstić information content (AvgIpc) is 2.03. The van der Waals surface area contributed by atoms with Gasteiger partial charge in [0.05, 0.1) is 0 Å². The molecule has 0 atom stereocenters. The molecule has 4 heteroatoms. The maximum Gasteiger partial charge on any atom is 0.131 e. The number of aromatic nitrogens is 2. The molecular weight excluding hydrogens is 140 g/mol. The summed E-state index contributed by atoms with van der Waals surface area (Å²) in [4.78, 5) is 7.73. The molecule has 0 unspecified atom stereocenters.